The number of piperidine rings is 1. The molecule has 1 fully saturated rings. The van der Waals surface area contributed by atoms with Crippen LogP contribution < -0.4 is 10.4 Å². The number of likely N-dealkylation sites (tertiary alicyclic amines) is 1. The summed E-state index contributed by atoms with van der Waals surface area (Å²) in [7, 11) is 0. The molecule has 154 valence electrons. The van der Waals surface area contributed by atoms with Crippen LogP contribution >= 0.6 is 0 Å². The van der Waals surface area contributed by atoms with Crippen LogP contribution in [0.15, 0.2) is 65.7 Å². The third-order valence-corrected chi connectivity index (χ3v) is 5.55. The third kappa shape index (κ3) is 3.96. The summed E-state index contributed by atoms with van der Waals surface area (Å²) in [6.45, 7) is 2.64. The number of carbonyl (C=O) groups is 3. The summed E-state index contributed by atoms with van der Waals surface area (Å²) in [4.78, 5) is 44.2. The van der Waals surface area contributed by atoms with Crippen molar-refractivity contribution in [3.8, 4) is 0 Å². The second-order valence-corrected chi connectivity index (χ2v) is 7.57. The van der Waals surface area contributed by atoms with Gasteiger partial charge in [0.25, 0.3) is 11.8 Å². The predicted molar refractivity (Wildman–Crippen MR) is 114 cm³/mol. The van der Waals surface area contributed by atoms with Crippen molar-refractivity contribution < 1.29 is 14.4 Å². The Bertz CT molecular complexity index is 966. The first-order valence-electron chi connectivity index (χ1n) is 10.2. The molecule has 0 radical (unpaired) electrons. The van der Waals surface area contributed by atoms with Crippen LogP contribution in [0.5, 0.6) is 0 Å². The molecule has 0 saturated carbocycles. The minimum atomic E-state index is -0.650. The van der Waals surface area contributed by atoms with Gasteiger partial charge in [0.2, 0.25) is 5.84 Å². The summed E-state index contributed by atoms with van der Waals surface area (Å²) in [5.41, 5.74) is 4.25. The lowest BCUT2D eigenvalue weighted by atomic mass is 9.89. The molecule has 2 heterocycles. The van der Waals surface area contributed by atoms with Crippen LogP contribution in [0.3, 0.4) is 0 Å². The van der Waals surface area contributed by atoms with Gasteiger partial charge in [0, 0.05) is 24.6 Å². The van der Waals surface area contributed by atoms with Gasteiger partial charge in [-0.1, -0.05) is 48.5 Å². The van der Waals surface area contributed by atoms with Crippen LogP contribution in [0.1, 0.15) is 30.1 Å². The van der Waals surface area contributed by atoms with Crippen molar-refractivity contribution in [2.75, 3.05) is 18.1 Å². The van der Waals surface area contributed by atoms with Gasteiger partial charge in [0.15, 0.2) is 5.78 Å². The highest BCUT2D eigenvalue weighted by Gasteiger charge is 2.34. The summed E-state index contributed by atoms with van der Waals surface area (Å²) in [5, 5.41) is 1.37. The van der Waals surface area contributed by atoms with E-state index in [1.807, 2.05) is 48.5 Å². The van der Waals surface area contributed by atoms with E-state index < -0.39 is 6.04 Å². The van der Waals surface area contributed by atoms with Crippen LogP contribution in [0.4, 0.5) is 5.69 Å². The second-order valence-electron chi connectivity index (χ2n) is 7.57. The molecule has 2 aromatic rings. The SMILES string of the molecule is CC1N=C(C(=O)N2CCC(C(=O)c3ccccc3)CC2)NN(c2ccccc2)C1=O. The lowest BCUT2D eigenvalue weighted by Crippen LogP contribution is -2.59. The molecule has 1 N–H and O–H groups in total. The molecular weight excluding hydrogens is 380 g/mol. The summed E-state index contributed by atoms with van der Waals surface area (Å²) >= 11 is 0. The normalized spacial score (nSPS) is 19.8. The Morgan fingerprint density at radius 3 is 2.20 bits per heavy atom. The Balaban J connectivity index is 1.42. The standard InChI is InChI=1S/C23H24N4O3/c1-16-22(29)27(19-10-6-3-7-11-19)25-21(24-16)23(30)26-14-12-18(13-15-26)20(28)17-8-4-2-5-9-17/h2-11,16,18H,12-15H2,1H3,(H,24,25). The summed E-state index contributed by atoms with van der Waals surface area (Å²) in [6, 6.07) is 17.7. The number of Topliss-reactive ketones (excluding diaryl/α,β-unsaturated/α-hetero) is 1. The molecule has 1 saturated heterocycles. The fraction of sp³-hybridized carbons (Fsp3) is 0.304. The predicted octanol–water partition coefficient (Wildman–Crippen LogP) is 2.45. The smallest absolute Gasteiger partial charge is 0.290 e. The fourth-order valence-corrected chi connectivity index (χ4v) is 3.83. The summed E-state index contributed by atoms with van der Waals surface area (Å²) < 4.78 is 0. The van der Waals surface area contributed by atoms with Crippen molar-refractivity contribution in [2.45, 2.75) is 25.8 Å². The number of rotatable bonds is 4. The van der Waals surface area contributed by atoms with Crippen molar-refractivity contribution in [3.05, 3.63) is 66.2 Å². The van der Waals surface area contributed by atoms with Crippen LogP contribution in [0.2, 0.25) is 0 Å². The minimum absolute atomic E-state index is 0.0842. The highest BCUT2D eigenvalue weighted by atomic mass is 16.2. The molecule has 1 atom stereocenters. The highest BCUT2D eigenvalue weighted by Crippen LogP contribution is 2.23. The molecule has 7 nitrogen and oxygen atoms in total. The number of carbonyl (C=O) groups excluding carboxylic acids is 3. The van der Waals surface area contributed by atoms with Crippen molar-refractivity contribution in [3.63, 3.8) is 0 Å². The Morgan fingerprint density at radius 1 is 0.967 bits per heavy atom. The number of nitrogens with one attached hydrogen (secondary N) is 1. The van der Waals surface area contributed by atoms with Crippen LogP contribution in [-0.2, 0) is 9.59 Å². The van der Waals surface area contributed by atoms with Crippen molar-refractivity contribution in [2.24, 2.45) is 10.9 Å². The van der Waals surface area contributed by atoms with Crippen molar-refractivity contribution >= 4 is 29.1 Å². The number of para-hydroxylation sites is 1. The van der Waals surface area contributed by atoms with Crippen molar-refractivity contribution in [1.82, 2.24) is 10.3 Å². The number of amides is 2. The van der Waals surface area contributed by atoms with Gasteiger partial charge in [-0.2, -0.15) is 0 Å². The van der Waals surface area contributed by atoms with Crippen molar-refractivity contribution in [1.29, 1.82) is 0 Å². The fourth-order valence-electron chi connectivity index (χ4n) is 3.83. The highest BCUT2D eigenvalue weighted by molar-refractivity contribution is 6.39. The van der Waals surface area contributed by atoms with E-state index in [4.69, 9.17) is 0 Å². The van der Waals surface area contributed by atoms with E-state index in [0.717, 1.165) is 0 Å². The topological polar surface area (TPSA) is 82.1 Å². The van der Waals surface area contributed by atoms with Gasteiger partial charge in [-0.25, -0.2) is 10.0 Å². The van der Waals surface area contributed by atoms with Crippen LogP contribution in [0.25, 0.3) is 0 Å². The minimum Gasteiger partial charge on any atom is -0.336 e. The van der Waals surface area contributed by atoms with E-state index in [0.29, 0.717) is 37.2 Å². The van der Waals surface area contributed by atoms with E-state index in [9.17, 15) is 14.4 Å². The maximum absolute atomic E-state index is 13.0. The van der Waals surface area contributed by atoms with Gasteiger partial charge in [0.1, 0.15) is 6.04 Å². The zero-order valence-corrected chi connectivity index (χ0v) is 16.8. The number of benzene rings is 2. The van der Waals surface area contributed by atoms with Crippen LogP contribution in [0, 0.1) is 5.92 Å². The molecule has 0 spiro atoms. The van der Waals surface area contributed by atoms with E-state index >= 15 is 0 Å². The van der Waals surface area contributed by atoms with E-state index in [1.54, 1.807) is 24.0 Å². The molecule has 0 bridgehead atoms. The van der Waals surface area contributed by atoms with Gasteiger partial charge in [0.05, 0.1) is 5.69 Å². The molecule has 7 heteroatoms. The maximum atomic E-state index is 13.0. The molecule has 4 rings (SSSR count). The monoisotopic (exact) mass is 404 g/mol. The molecule has 2 aliphatic heterocycles. The van der Waals surface area contributed by atoms with Gasteiger partial charge in [-0.15, -0.1) is 0 Å². The first-order valence-corrected chi connectivity index (χ1v) is 10.2. The number of hydrazine groups is 1. The summed E-state index contributed by atoms with van der Waals surface area (Å²) in [6.07, 6.45) is 1.23. The number of aliphatic imine (C=N–C) groups is 1. The number of amidine groups is 1. The molecule has 0 aliphatic carbocycles. The Hall–Kier alpha value is -3.48. The van der Waals surface area contributed by atoms with Gasteiger partial charge >= 0.3 is 0 Å². The van der Waals surface area contributed by atoms with Crippen LogP contribution in [-0.4, -0.2) is 47.5 Å². The van der Waals surface area contributed by atoms with E-state index in [2.05, 4.69) is 10.4 Å². The lowest BCUT2D eigenvalue weighted by Gasteiger charge is -2.35. The summed E-state index contributed by atoms with van der Waals surface area (Å²) in [5.74, 6) is -0.270. The first kappa shape index (κ1) is 19.8. The second kappa shape index (κ2) is 8.49. The van der Waals surface area contributed by atoms with E-state index in [1.165, 1.54) is 5.01 Å². The number of anilines is 1. The Morgan fingerprint density at radius 2 is 1.57 bits per heavy atom. The average molecular weight is 404 g/mol. The van der Waals surface area contributed by atoms with Gasteiger partial charge in [-0.3, -0.25) is 19.8 Å². The Kier molecular flexibility index (Phi) is 5.61. The zero-order valence-electron chi connectivity index (χ0n) is 16.8. The largest absolute Gasteiger partial charge is 0.336 e. The zero-order chi connectivity index (χ0) is 21.1. The quantitative estimate of drug-likeness (QED) is 0.794. The van der Waals surface area contributed by atoms with Gasteiger partial charge in [-0.05, 0) is 31.9 Å². The molecule has 1 unspecified atom stereocenters. The average Bonchev–Trinajstić information content (AvgIpc) is 2.81. The molecule has 0 aromatic heterocycles. The first-order chi connectivity index (χ1) is 14.5. The molecular formula is C23H24N4O3. The maximum Gasteiger partial charge on any atom is 0.290 e. The molecule has 2 aliphatic rings. The molecule has 30 heavy (non-hydrogen) atoms. The number of ketones is 1. The number of nitrogens with zero attached hydrogens (tertiary/aromatic N) is 3. The third-order valence-electron chi connectivity index (χ3n) is 5.55. The van der Waals surface area contributed by atoms with Gasteiger partial charge < -0.3 is 4.90 Å². The number of hydrogen-bond donors (Lipinski definition) is 1. The number of hydrogen-bond acceptors (Lipinski definition) is 5. The van der Waals surface area contributed by atoms with E-state index in [-0.39, 0.29) is 29.4 Å². The molecule has 2 aromatic carbocycles. The molecule has 2 amide bonds. The Labute approximate surface area is 175 Å². The lowest BCUT2D eigenvalue weighted by molar-refractivity contribution is -0.125.